The Bertz CT molecular complexity index is 336. The summed E-state index contributed by atoms with van der Waals surface area (Å²) in [5.74, 6) is 0. The monoisotopic (exact) mass is 244 g/mol. The summed E-state index contributed by atoms with van der Waals surface area (Å²) in [6.45, 7) is 8.44. The molecule has 0 aromatic rings. The summed E-state index contributed by atoms with van der Waals surface area (Å²) in [6, 6.07) is 0. The van der Waals surface area contributed by atoms with Gasteiger partial charge in [0.05, 0.1) is 18.4 Å². The molecule has 0 saturated heterocycles. The fraction of sp³-hybridized carbons (Fsp3) is 0.667. The van der Waals surface area contributed by atoms with E-state index in [2.05, 4.69) is 6.08 Å². The zero-order valence-electron chi connectivity index (χ0n) is 10.5. The number of rotatable bonds is 5. The highest BCUT2D eigenvalue weighted by Gasteiger charge is 2.45. The van der Waals surface area contributed by atoms with E-state index in [4.69, 9.17) is 9.05 Å². The lowest BCUT2D eigenvalue weighted by molar-refractivity contribution is 0.205. The van der Waals surface area contributed by atoms with E-state index in [1.165, 1.54) is 5.57 Å². The van der Waals surface area contributed by atoms with Crippen molar-refractivity contribution in [2.45, 2.75) is 39.3 Å². The van der Waals surface area contributed by atoms with E-state index in [1.54, 1.807) is 0 Å². The lowest BCUT2D eigenvalue weighted by atomic mass is 9.98. The molecule has 0 bridgehead atoms. The summed E-state index contributed by atoms with van der Waals surface area (Å²) < 4.78 is 23.5. The van der Waals surface area contributed by atoms with Gasteiger partial charge in [-0.2, -0.15) is 0 Å². The second-order valence-electron chi connectivity index (χ2n) is 4.18. The van der Waals surface area contributed by atoms with Crippen LogP contribution in [-0.2, 0) is 13.6 Å². The van der Waals surface area contributed by atoms with Gasteiger partial charge in [0, 0.05) is 0 Å². The van der Waals surface area contributed by atoms with Gasteiger partial charge in [0.1, 0.15) is 0 Å². The predicted octanol–water partition coefficient (Wildman–Crippen LogP) is 3.92. The maximum atomic E-state index is 12.7. The van der Waals surface area contributed by atoms with Crippen LogP contribution in [-0.4, -0.2) is 18.4 Å². The van der Waals surface area contributed by atoms with E-state index in [-0.39, 0.29) is 0 Å². The second-order valence-corrected chi connectivity index (χ2v) is 6.71. The van der Waals surface area contributed by atoms with Crippen molar-refractivity contribution in [3.05, 3.63) is 23.8 Å². The smallest absolute Gasteiger partial charge is 0.308 e. The van der Waals surface area contributed by atoms with Gasteiger partial charge in [0.2, 0.25) is 0 Å². The molecule has 1 aliphatic carbocycles. The van der Waals surface area contributed by atoms with Crippen LogP contribution < -0.4 is 0 Å². The zero-order valence-corrected chi connectivity index (χ0v) is 11.4. The number of hydrogen-bond acceptors (Lipinski definition) is 3. The number of allylic oxidation sites excluding steroid dienone is 4. The zero-order chi connectivity index (χ0) is 12.2. The predicted molar refractivity (Wildman–Crippen MR) is 66.8 cm³/mol. The summed E-state index contributed by atoms with van der Waals surface area (Å²) in [5.41, 5.74) is 1.19. The number of hydrogen-bond donors (Lipinski definition) is 0. The molecule has 1 atom stereocenters. The van der Waals surface area contributed by atoms with Gasteiger partial charge in [0.25, 0.3) is 0 Å². The Balaban J connectivity index is 2.95. The van der Waals surface area contributed by atoms with Crippen molar-refractivity contribution in [1.82, 2.24) is 0 Å². The minimum Gasteiger partial charge on any atom is -0.308 e. The first-order valence-electron chi connectivity index (χ1n) is 5.72. The first kappa shape index (κ1) is 13.7. The van der Waals surface area contributed by atoms with Gasteiger partial charge < -0.3 is 9.05 Å². The van der Waals surface area contributed by atoms with E-state index in [1.807, 2.05) is 39.8 Å². The van der Waals surface area contributed by atoms with E-state index < -0.39 is 12.8 Å². The van der Waals surface area contributed by atoms with Crippen LogP contribution in [0.25, 0.3) is 0 Å². The van der Waals surface area contributed by atoms with E-state index >= 15 is 0 Å². The Labute approximate surface area is 98.1 Å². The molecule has 0 aromatic heterocycles. The second kappa shape index (κ2) is 5.31. The van der Waals surface area contributed by atoms with Gasteiger partial charge in [0.15, 0.2) is 0 Å². The third kappa shape index (κ3) is 2.65. The largest absolute Gasteiger partial charge is 0.340 e. The molecule has 0 radical (unpaired) electrons. The maximum absolute atomic E-state index is 12.7. The molecule has 0 aromatic carbocycles. The molecule has 0 amide bonds. The minimum atomic E-state index is -3.06. The lowest BCUT2D eigenvalue weighted by Gasteiger charge is -2.34. The SMILES string of the molecule is CCOP(=O)(OCC)C1(C)C=CC(C)=CC1. The molecule has 92 valence electrons. The van der Waals surface area contributed by atoms with E-state index in [0.717, 1.165) is 0 Å². The Morgan fingerprint density at radius 3 is 2.31 bits per heavy atom. The van der Waals surface area contributed by atoms with Crippen molar-refractivity contribution in [2.24, 2.45) is 0 Å². The average Bonchev–Trinajstić information content (AvgIpc) is 2.23. The quantitative estimate of drug-likeness (QED) is 0.687. The molecule has 16 heavy (non-hydrogen) atoms. The van der Waals surface area contributed by atoms with Crippen LogP contribution in [0.3, 0.4) is 0 Å². The summed E-state index contributed by atoms with van der Waals surface area (Å²) in [6.07, 6.45) is 6.71. The van der Waals surface area contributed by atoms with Gasteiger partial charge in [-0.15, -0.1) is 0 Å². The summed E-state index contributed by atoms with van der Waals surface area (Å²) in [5, 5.41) is -0.529. The molecule has 1 unspecified atom stereocenters. The summed E-state index contributed by atoms with van der Waals surface area (Å²) in [4.78, 5) is 0. The first-order valence-corrected chi connectivity index (χ1v) is 7.27. The molecule has 4 heteroatoms. The molecule has 1 rings (SSSR count). The minimum absolute atomic E-state index is 0.406. The normalized spacial score (nSPS) is 25.6. The van der Waals surface area contributed by atoms with Crippen molar-refractivity contribution < 1.29 is 13.6 Å². The average molecular weight is 244 g/mol. The molecule has 3 nitrogen and oxygen atoms in total. The van der Waals surface area contributed by atoms with Crippen molar-refractivity contribution >= 4 is 7.60 Å². The van der Waals surface area contributed by atoms with E-state index in [0.29, 0.717) is 19.6 Å². The molecule has 0 aliphatic heterocycles. The third-order valence-corrected chi connectivity index (χ3v) is 5.55. The molecular formula is C12H21O3P. The van der Waals surface area contributed by atoms with Gasteiger partial charge >= 0.3 is 7.60 Å². The molecule has 0 spiro atoms. The first-order chi connectivity index (χ1) is 7.47. The Hall–Kier alpha value is -0.370. The van der Waals surface area contributed by atoms with Gasteiger partial charge in [-0.3, -0.25) is 4.57 Å². The van der Waals surface area contributed by atoms with E-state index in [9.17, 15) is 4.57 Å². The molecule has 0 heterocycles. The highest BCUT2D eigenvalue weighted by atomic mass is 31.2. The Morgan fingerprint density at radius 2 is 1.94 bits per heavy atom. The van der Waals surface area contributed by atoms with Crippen LogP contribution in [0.15, 0.2) is 23.8 Å². The summed E-state index contributed by atoms with van der Waals surface area (Å²) in [7, 11) is -3.06. The summed E-state index contributed by atoms with van der Waals surface area (Å²) >= 11 is 0. The van der Waals surface area contributed by atoms with Gasteiger partial charge in [-0.25, -0.2) is 0 Å². The fourth-order valence-corrected chi connectivity index (χ4v) is 3.61. The van der Waals surface area contributed by atoms with Crippen LogP contribution in [0.4, 0.5) is 0 Å². The van der Waals surface area contributed by atoms with Gasteiger partial charge in [-0.05, 0) is 34.1 Å². The maximum Gasteiger partial charge on any atom is 0.340 e. The third-order valence-electron chi connectivity index (χ3n) is 2.77. The molecule has 0 N–H and O–H groups in total. The fourth-order valence-electron chi connectivity index (χ4n) is 1.69. The van der Waals surface area contributed by atoms with Crippen LogP contribution in [0.1, 0.15) is 34.1 Å². The Kier molecular flexibility index (Phi) is 4.54. The topological polar surface area (TPSA) is 35.5 Å². The molecule has 0 saturated carbocycles. The standard InChI is InChI=1S/C12H21O3P/c1-5-14-16(13,15-6-2)12(4)9-7-11(3)8-10-12/h7-9H,5-6,10H2,1-4H3. The molecule has 0 fully saturated rings. The van der Waals surface area contributed by atoms with Crippen molar-refractivity contribution in [1.29, 1.82) is 0 Å². The van der Waals surface area contributed by atoms with Crippen molar-refractivity contribution in [2.75, 3.05) is 13.2 Å². The van der Waals surface area contributed by atoms with Gasteiger partial charge in [-0.1, -0.05) is 23.8 Å². The highest BCUT2D eigenvalue weighted by molar-refractivity contribution is 7.55. The molecule has 1 aliphatic rings. The van der Waals surface area contributed by atoms with Crippen LogP contribution in [0.2, 0.25) is 0 Å². The lowest BCUT2D eigenvalue weighted by Crippen LogP contribution is -2.26. The van der Waals surface area contributed by atoms with Crippen molar-refractivity contribution in [3.8, 4) is 0 Å². The van der Waals surface area contributed by atoms with Crippen LogP contribution in [0.5, 0.6) is 0 Å². The van der Waals surface area contributed by atoms with Crippen molar-refractivity contribution in [3.63, 3.8) is 0 Å². The van der Waals surface area contributed by atoms with Crippen LogP contribution >= 0.6 is 7.60 Å². The highest BCUT2D eigenvalue weighted by Crippen LogP contribution is 2.62. The van der Waals surface area contributed by atoms with Crippen LogP contribution in [0, 0.1) is 0 Å². The molecular weight excluding hydrogens is 223 g/mol. The Morgan fingerprint density at radius 1 is 1.38 bits per heavy atom.